The van der Waals surface area contributed by atoms with Crippen molar-refractivity contribution in [3.05, 3.63) is 60.2 Å². The first-order valence-electron chi connectivity index (χ1n) is 5.79. The SMILES string of the molecule is O=C(O)CO/N=C/c1ccccc1-c1ccccc1. The van der Waals surface area contributed by atoms with Crippen LogP contribution in [-0.2, 0) is 9.63 Å². The molecule has 0 saturated heterocycles. The molecule has 0 aliphatic carbocycles. The van der Waals surface area contributed by atoms with Crippen LogP contribution in [0, 0.1) is 0 Å². The zero-order valence-corrected chi connectivity index (χ0v) is 10.2. The fraction of sp³-hybridized carbons (Fsp3) is 0.0667. The third-order valence-corrected chi connectivity index (χ3v) is 2.50. The van der Waals surface area contributed by atoms with Crippen LogP contribution >= 0.6 is 0 Å². The summed E-state index contributed by atoms with van der Waals surface area (Å²) in [5, 5.41) is 12.1. The number of rotatable bonds is 5. The Labute approximate surface area is 111 Å². The van der Waals surface area contributed by atoms with Gasteiger partial charge in [-0.25, -0.2) is 4.79 Å². The third kappa shape index (κ3) is 3.67. The summed E-state index contributed by atoms with van der Waals surface area (Å²) in [5.41, 5.74) is 2.97. The predicted molar refractivity (Wildman–Crippen MR) is 73.1 cm³/mol. The van der Waals surface area contributed by atoms with E-state index in [2.05, 4.69) is 9.99 Å². The molecule has 0 aliphatic heterocycles. The molecule has 2 aromatic carbocycles. The van der Waals surface area contributed by atoms with Crippen molar-refractivity contribution in [3.63, 3.8) is 0 Å². The van der Waals surface area contributed by atoms with E-state index in [1.165, 1.54) is 6.21 Å². The molecule has 0 aromatic heterocycles. The zero-order chi connectivity index (χ0) is 13.5. The van der Waals surface area contributed by atoms with Gasteiger partial charge in [0.2, 0.25) is 6.61 Å². The Bertz CT molecular complexity index is 579. The number of aliphatic carboxylic acids is 1. The number of hydrogen-bond donors (Lipinski definition) is 1. The minimum absolute atomic E-state index is 0.440. The highest BCUT2D eigenvalue weighted by Gasteiger charge is 2.02. The minimum Gasteiger partial charge on any atom is -0.479 e. The Morgan fingerprint density at radius 2 is 1.79 bits per heavy atom. The standard InChI is InChI=1S/C15H13NO3/c17-15(18)11-19-16-10-13-8-4-5-9-14(13)12-6-2-1-3-7-12/h1-10H,11H2,(H,17,18)/b16-10+. The van der Waals surface area contributed by atoms with Gasteiger partial charge in [0.05, 0.1) is 6.21 Å². The number of benzene rings is 2. The fourth-order valence-electron chi connectivity index (χ4n) is 1.68. The molecule has 0 atom stereocenters. The Morgan fingerprint density at radius 1 is 1.11 bits per heavy atom. The van der Waals surface area contributed by atoms with Crippen molar-refractivity contribution in [2.45, 2.75) is 0 Å². The van der Waals surface area contributed by atoms with E-state index in [-0.39, 0.29) is 0 Å². The molecule has 0 spiro atoms. The molecule has 2 aromatic rings. The van der Waals surface area contributed by atoms with Crippen molar-refractivity contribution < 1.29 is 14.7 Å². The van der Waals surface area contributed by atoms with Crippen molar-refractivity contribution >= 4 is 12.2 Å². The average molecular weight is 255 g/mol. The summed E-state index contributed by atoms with van der Waals surface area (Å²) in [6.45, 7) is -0.440. The van der Waals surface area contributed by atoms with E-state index < -0.39 is 12.6 Å². The average Bonchev–Trinajstić information content (AvgIpc) is 2.45. The van der Waals surface area contributed by atoms with Crippen molar-refractivity contribution in [2.75, 3.05) is 6.61 Å². The second-order valence-corrected chi connectivity index (χ2v) is 3.85. The van der Waals surface area contributed by atoms with Crippen molar-refractivity contribution in [2.24, 2.45) is 5.16 Å². The molecule has 0 saturated carbocycles. The van der Waals surface area contributed by atoms with Crippen LogP contribution in [0.5, 0.6) is 0 Å². The van der Waals surface area contributed by atoms with E-state index in [1.54, 1.807) is 0 Å². The third-order valence-electron chi connectivity index (χ3n) is 2.50. The van der Waals surface area contributed by atoms with Crippen LogP contribution < -0.4 is 0 Å². The molecule has 19 heavy (non-hydrogen) atoms. The van der Waals surface area contributed by atoms with Gasteiger partial charge >= 0.3 is 5.97 Å². The monoisotopic (exact) mass is 255 g/mol. The van der Waals surface area contributed by atoms with Gasteiger partial charge < -0.3 is 9.94 Å². The summed E-state index contributed by atoms with van der Waals surface area (Å²) < 4.78 is 0. The van der Waals surface area contributed by atoms with Gasteiger partial charge in [0.1, 0.15) is 0 Å². The molecule has 0 aliphatic rings. The van der Waals surface area contributed by atoms with Crippen LogP contribution in [0.15, 0.2) is 59.8 Å². The van der Waals surface area contributed by atoms with Crippen molar-refractivity contribution in [3.8, 4) is 11.1 Å². The molecule has 0 amide bonds. The molecule has 1 N–H and O–H groups in total. The number of hydrogen-bond acceptors (Lipinski definition) is 3. The maximum atomic E-state index is 10.3. The summed E-state index contributed by atoms with van der Waals surface area (Å²) in [7, 11) is 0. The molecule has 0 bridgehead atoms. The normalized spacial score (nSPS) is 10.5. The van der Waals surface area contributed by atoms with E-state index in [4.69, 9.17) is 5.11 Å². The van der Waals surface area contributed by atoms with Gasteiger partial charge in [0.15, 0.2) is 0 Å². The Kier molecular flexibility index (Phi) is 4.29. The molecular formula is C15H13NO3. The molecule has 0 fully saturated rings. The Hall–Kier alpha value is -2.62. The van der Waals surface area contributed by atoms with Crippen LogP contribution in [-0.4, -0.2) is 23.9 Å². The second-order valence-electron chi connectivity index (χ2n) is 3.85. The number of oxime groups is 1. The van der Waals surface area contributed by atoms with Gasteiger partial charge in [0, 0.05) is 5.56 Å². The number of carboxylic acid groups (broad SMARTS) is 1. The summed E-state index contributed by atoms with van der Waals surface area (Å²) in [5.74, 6) is -1.05. The van der Waals surface area contributed by atoms with Crippen LogP contribution in [0.2, 0.25) is 0 Å². The van der Waals surface area contributed by atoms with E-state index in [9.17, 15) is 4.79 Å². The van der Waals surface area contributed by atoms with E-state index in [1.807, 2.05) is 54.6 Å². The van der Waals surface area contributed by atoms with Crippen LogP contribution in [0.25, 0.3) is 11.1 Å². The highest BCUT2D eigenvalue weighted by molar-refractivity contribution is 5.90. The van der Waals surface area contributed by atoms with Crippen molar-refractivity contribution in [1.82, 2.24) is 0 Å². The maximum Gasteiger partial charge on any atom is 0.344 e. The van der Waals surface area contributed by atoms with Crippen LogP contribution in [0.4, 0.5) is 0 Å². The molecule has 4 nitrogen and oxygen atoms in total. The first-order valence-corrected chi connectivity index (χ1v) is 5.79. The summed E-state index contributed by atoms with van der Waals surface area (Å²) in [6.07, 6.45) is 1.52. The van der Waals surface area contributed by atoms with Gasteiger partial charge in [0.25, 0.3) is 0 Å². The lowest BCUT2D eigenvalue weighted by molar-refractivity contribution is -0.142. The first-order chi connectivity index (χ1) is 9.27. The van der Waals surface area contributed by atoms with Gasteiger partial charge in [-0.2, -0.15) is 0 Å². The fourth-order valence-corrected chi connectivity index (χ4v) is 1.68. The predicted octanol–water partition coefficient (Wildman–Crippen LogP) is 2.79. The van der Waals surface area contributed by atoms with Gasteiger partial charge in [-0.1, -0.05) is 59.8 Å². The van der Waals surface area contributed by atoms with Gasteiger partial charge in [-0.15, -0.1) is 0 Å². The Balaban J connectivity index is 2.20. The van der Waals surface area contributed by atoms with Crippen molar-refractivity contribution in [1.29, 1.82) is 0 Å². The number of carbonyl (C=O) groups is 1. The van der Waals surface area contributed by atoms with E-state index in [0.29, 0.717) is 0 Å². The lowest BCUT2D eigenvalue weighted by Gasteiger charge is -2.05. The minimum atomic E-state index is -1.05. The molecule has 0 heterocycles. The molecule has 2 rings (SSSR count). The topological polar surface area (TPSA) is 58.9 Å². The second kappa shape index (κ2) is 6.35. The quantitative estimate of drug-likeness (QED) is 0.660. The smallest absolute Gasteiger partial charge is 0.344 e. The lowest BCUT2D eigenvalue weighted by atomic mass is 10.0. The molecule has 4 heteroatoms. The summed E-state index contributed by atoms with van der Waals surface area (Å²) >= 11 is 0. The highest BCUT2D eigenvalue weighted by atomic mass is 16.6. The highest BCUT2D eigenvalue weighted by Crippen LogP contribution is 2.21. The number of nitrogens with zero attached hydrogens (tertiary/aromatic N) is 1. The first kappa shape index (κ1) is 12.8. The Morgan fingerprint density at radius 3 is 2.53 bits per heavy atom. The van der Waals surface area contributed by atoms with Gasteiger partial charge in [-0.3, -0.25) is 0 Å². The van der Waals surface area contributed by atoms with E-state index in [0.717, 1.165) is 16.7 Å². The molecule has 0 unspecified atom stereocenters. The van der Waals surface area contributed by atoms with E-state index >= 15 is 0 Å². The molecule has 96 valence electrons. The lowest BCUT2D eigenvalue weighted by Crippen LogP contribution is -2.03. The van der Waals surface area contributed by atoms with Crippen LogP contribution in [0.1, 0.15) is 5.56 Å². The number of carboxylic acids is 1. The summed E-state index contributed by atoms with van der Waals surface area (Å²) in [6, 6.07) is 17.6. The largest absolute Gasteiger partial charge is 0.479 e. The molecule has 0 radical (unpaired) electrons. The maximum absolute atomic E-state index is 10.3. The summed E-state index contributed by atoms with van der Waals surface area (Å²) in [4.78, 5) is 15.0. The van der Waals surface area contributed by atoms with Crippen LogP contribution in [0.3, 0.4) is 0 Å². The van der Waals surface area contributed by atoms with Gasteiger partial charge in [-0.05, 0) is 11.1 Å². The zero-order valence-electron chi connectivity index (χ0n) is 10.2. The molecular weight excluding hydrogens is 242 g/mol.